The van der Waals surface area contributed by atoms with Crippen LogP contribution in [0.1, 0.15) is 18.9 Å². The van der Waals surface area contributed by atoms with Crippen LogP contribution < -0.4 is 10.6 Å². The predicted octanol–water partition coefficient (Wildman–Crippen LogP) is 1.71. The second kappa shape index (κ2) is 5.20. The van der Waals surface area contributed by atoms with Crippen LogP contribution in [0, 0.1) is 18.3 Å². The molecule has 0 saturated carbocycles. The van der Waals surface area contributed by atoms with Crippen LogP contribution in [0.25, 0.3) is 0 Å². The first-order chi connectivity index (χ1) is 7.19. The van der Waals surface area contributed by atoms with E-state index in [2.05, 4.69) is 22.9 Å². The molecule has 0 aliphatic heterocycles. The Morgan fingerprint density at radius 3 is 2.87 bits per heavy atom. The number of rotatable bonds is 4. The number of hydrogen-bond donors (Lipinski definition) is 1. The van der Waals surface area contributed by atoms with Gasteiger partial charge in [0.15, 0.2) is 0 Å². The quantitative estimate of drug-likeness (QED) is 0.810. The van der Waals surface area contributed by atoms with Crippen molar-refractivity contribution in [2.24, 2.45) is 0 Å². The molecular weight excluding hydrogens is 188 g/mol. The highest BCUT2D eigenvalue weighted by molar-refractivity contribution is 5.52. The normalized spacial score (nSPS) is 9.67. The zero-order chi connectivity index (χ0) is 11.3. The van der Waals surface area contributed by atoms with Crippen molar-refractivity contribution in [3.63, 3.8) is 0 Å². The number of hydrogen-bond acceptors (Lipinski definition) is 4. The van der Waals surface area contributed by atoms with Gasteiger partial charge in [0.2, 0.25) is 0 Å². The summed E-state index contributed by atoms with van der Waals surface area (Å²) in [5, 5.41) is 8.55. The van der Waals surface area contributed by atoms with E-state index in [1.807, 2.05) is 13.0 Å². The van der Waals surface area contributed by atoms with Crippen molar-refractivity contribution in [2.45, 2.75) is 20.3 Å². The summed E-state index contributed by atoms with van der Waals surface area (Å²) >= 11 is 0. The molecule has 80 valence electrons. The number of pyridine rings is 1. The molecule has 4 heteroatoms. The molecule has 4 nitrogen and oxygen atoms in total. The molecule has 0 atom stereocenters. The molecule has 1 rings (SSSR count). The van der Waals surface area contributed by atoms with Gasteiger partial charge in [-0.15, -0.1) is 0 Å². The van der Waals surface area contributed by atoms with Gasteiger partial charge in [0.1, 0.15) is 5.82 Å². The lowest BCUT2D eigenvalue weighted by Crippen LogP contribution is -2.25. The summed E-state index contributed by atoms with van der Waals surface area (Å²) in [5.41, 5.74) is 7.36. The predicted molar refractivity (Wildman–Crippen MR) is 61.5 cm³/mol. The summed E-state index contributed by atoms with van der Waals surface area (Å²) in [4.78, 5) is 6.37. The van der Waals surface area contributed by atoms with Gasteiger partial charge in [0.25, 0.3) is 0 Å². The van der Waals surface area contributed by atoms with Crippen LogP contribution in [0.3, 0.4) is 0 Å². The molecule has 0 radical (unpaired) electrons. The van der Waals surface area contributed by atoms with Crippen molar-refractivity contribution < 1.29 is 0 Å². The third-order valence-electron chi connectivity index (χ3n) is 2.25. The molecule has 15 heavy (non-hydrogen) atoms. The van der Waals surface area contributed by atoms with E-state index in [0.717, 1.165) is 17.9 Å². The molecule has 0 aliphatic rings. The first-order valence-corrected chi connectivity index (χ1v) is 5.03. The Morgan fingerprint density at radius 1 is 1.60 bits per heavy atom. The smallest absolute Gasteiger partial charge is 0.131 e. The first kappa shape index (κ1) is 11.3. The van der Waals surface area contributed by atoms with Crippen molar-refractivity contribution in [2.75, 3.05) is 23.7 Å². The van der Waals surface area contributed by atoms with E-state index in [-0.39, 0.29) is 0 Å². The number of anilines is 2. The molecule has 1 aromatic heterocycles. The molecule has 1 heterocycles. The van der Waals surface area contributed by atoms with Gasteiger partial charge in [-0.3, -0.25) is 0 Å². The van der Waals surface area contributed by atoms with Gasteiger partial charge < -0.3 is 10.6 Å². The topological polar surface area (TPSA) is 65.9 Å². The van der Waals surface area contributed by atoms with E-state index >= 15 is 0 Å². The fourth-order valence-corrected chi connectivity index (χ4v) is 1.52. The van der Waals surface area contributed by atoms with Gasteiger partial charge in [-0.05, 0) is 25.5 Å². The molecule has 0 spiro atoms. The van der Waals surface area contributed by atoms with Crippen molar-refractivity contribution in [3.05, 3.63) is 17.8 Å². The monoisotopic (exact) mass is 204 g/mol. The second-order valence-electron chi connectivity index (χ2n) is 3.40. The van der Waals surface area contributed by atoms with Crippen molar-refractivity contribution in [3.8, 4) is 6.07 Å². The fraction of sp³-hybridized carbons (Fsp3) is 0.455. The second-order valence-corrected chi connectivity index (χ2v) is 3.40. The third kappa shape index (κ3) is 2.84. The molecule has 0 unspecified atom stereocenters. The lowest BCUT2D eigenvalue weighted by molar-refractivity contribution is 0.807. The first-order valence-electron chi connectivity index (χ1n) is 5.03. The van der Waals surface area contributed by atoms with Gasteiger partial charge in [0.05, 0.1) is 24.4 Å². The maximum absolute atomic E-state index is 8.55. The Hall–Kier alpha value is -1.76. The zero-order valence-electron chi connectivity index (χ0n) is 9.20. The van der Waals surface area contributed by atoms with Gasteiger partial charge >= 0.3 is 0 Å². The van der Waals surface area contributed by atoms with Crippen LogP contribution in [-0.4, -0.2) is 18.1 Å². The Morgan fingerprint density at radius 2 is 2.33 bits per heavy atom. The summed E-state index contributed by atoms with van der Waals surface area (Å²) in [6.07, 6.45) is 2.16. The molecule has 2 N–H and O–H groups in total. The molecule has 0 aromatic carbocycles. The van der Waals surface area contributed by atoms with Crippen LogP contribution in [0.5, 0.6) is 0 Å². The Balaban J connectivity index is 2.87. The molecule has 1 aromatic rings. The van der Waals surface area contributed by atoms with E-state index in [9.17, 15) is 0 Å². The Bertz CT molecular complexity index is 367. The van der Waals surface area contributed by atoms with Gasteiger partial charge in [0, 0.05) is 13.1 Å². The molecule has 0 aliphatic carbocycles. The maximum atomic E-state index is 8.55. The molecular formula is C11H16N4. The lowest BCUT2D eigenvalue weighted by atomic mass is 10.2. The van der Waals surface area contributed by atoms with Crippen LogP contribution in [0.15, 0.2) is 12.3 Å². The number of aryl methyl sites for hydroxylation is 1. The van der Waals surface area contributed by atoms with Crippen molar-refractivity contribution in [1.29, 1.82) is 5.26 Å². The van der Waals surface area contributed by atoms with E-state index in [1.165, 1.54) is 0 Å². The molecule has 0 fully saturated rings. The van der Waals surface area contributed by atoms with Crippen LogP contribution in [0.2, 0.25) is 0 Å². The number of nitrogens with two attached hydrogens (primary N) is 1. The van der Waals surface area contributed by atoms with Crippen LogP contribution in [-0.2, 0) is 0 Å². The highest BCUT2D eigenvalue weighted by Gasteiger charge is 2.08. The lowest BCUT2D eigenvalue weighted by Gasteiger charge is -2.22. The average Bonchev–Trinajstić information content (AvgIpc) is 2.21. The highest BCUT2D eigenvalue weighted by atomic mass is 15.2. The van der Waals surface area contributed by atoms with Crippen LogP contribution >= 0.6 is 0 Å². The number of nitriles is 1. The SMILES string of the molecule is CCN(CCC#N)c1ncc(N)cc1C. The molecule has 0 saturated heterocycles. The molecule has 0 amide bonds. The number of nitrogen functional groups attached to an aromatic ring is 1. The highest BCUT2D eigenvalue weighted by Crippen LogP contribution is 2.18. The maximum Gasteiger partial charge on any atom is 0.131 e. The van der Waals surface area contributed by atoms with E-state index < -0.39 is 0 Å². The van der Waals surface area contributed by atoms with E-state index in [1.54, 1.807) is 6.20 Å². The number of aromatic nitrogens is 1. The summed E-state index contributed by atoms with van der Waals surface area (Å²) in [5.74, 6) is 0.918. The summed E-state index contributed by atoms with van der Waals surface area (Å²) in [6, 6.07) is 4.04. The minimum absolute atomic E-state index is 0.513. The Labute approximate surface area is 90.3 Å². The summed E-state index contributed by atoms with van der Waals surface area (Å²) in [7, 11) is 0. The fourth-order valence-electron chi connectivity index (χ4n) is 1.52. The van der Waals surface area contributed by atoms with Gasteiger partial charge in [-0.25, -0.2) is 4.98 Å². The van der Waals surface area contributed by atoms with E-state index in [0.29, 0.717) is 18.7 Å². The Kier molecular flexibility index (Phi) is 3.92. The number of nitrogens with zero attached hydrogens (tertiary/aromatic N) is 3. The minimum Gasteiger partial charge on any atom is -0.397 e. The summed E-state index contributed by atoms with van der Waals surface area (Å²) < 4.78 is 0. The third-order valence-corrected chi connectivity index (χ3v) is 2.25. The van der Waals surface area contributed by atoms with Crippen LogP contribution in [0.4, 0.5) is 11.5 Å². The largest absolute Gasteiger partial charge is 0.397 e. The average molecular weight is 204 g/mol. The minimum atomic E-state index is 0.513. The molecule has 0 bridgehead atoms. The zero-order valence-corrected chi connectivity index (χ0v) is 9.20. The van der Waals surface area contributed by atoms with Gasteiger partial charge in [-0.2, -0.15) is 5.26 Å². The van der Waals surface area contributed by atoms with E-state index in [4.69, 9.17) is 11.0 Å². The standard InChI is InChI=1S/C11H16N4/c1-3-15(6-4-5-12)11-9(2)7-10(13)8-14-11/h7-8H,3-4,6,13H2,1-2H3. The van der Waals surface area contributed by atoms with Crippen molar-refractivity contribution in [1.82, 2.24) is 4.98 Å². The summed E-state index contributed by atoms with van der Waals surface area (Å²) in [6.45, 7) is 5.59. The van der Waals surface area contributed by atoms with Gasteiger partial charge in [-0.1, -0.05) is 0 Å². The van der Waals surface area contributed by atoms with Crippen molar-refractivity contribution >= 4 is 11.5 Å².